The standard InChI is InChI=1S/C13H19F2NO/c1-9(2)13(3,17)8-16-7-10-4-11(14)6-12(15)5-10/h4-6,9,16-17H,7-8H2,1-3H3. The van der Waals surface area contributed by atoms with Crippen molar-refractivity contribution in [3.05, 3.63) is 35.4 Å². The molecule has 0 fully saturated rings. The molecule has 1 atom stereocenters. The van der Waals surface area contributed by atoms with Crippen LogP contribution in [-0.2, 0) is 6.54 Å². The topological polar surface area (TPSA) is 32.3 Å². The Morgan fingerprint density at radius 3 is 2.24 bits per heavy atom. The van der Waals surface area contributed by atoms with E-state index in [-0.39, 0.29) is 5.92 Å². The van der Waals surface area contributed by atoms with E-state index in [0.29, 0.717) is 18.7 Å². The molecule has 0 aliphatic heterocycles. The molecule has 0 aromatic heterocycles. The Morgan fingerprint density at radius 1 is 1.24 bits per heavy atom. The van der Waals surface area contributed by atoms with Gasteiger partial charge in [0, 0.05) is 19.2 Å². The molecule has 0 spiro atoms. The number of hydrogen-bond acceptors (Lipinski definition) is 2. The third kappa shape index (κ3) is 4.40. The van der Waals surface area contributed by atoms with Crippen molar-refractivity contribution in [2.75, 3.05) is 6.54 Å². The van der Waals surface area contributed by atoms with E-state index in [0.717, 1.165) is 6.07 Å². The summed E-state index contributed by atoms with van der Waals surface area (Å²) in [6.07, 6.45) is 0. The van der Waals surface area contributed by atoms with Gasteiger partial charge in [-0.2, -0.15) is 0 Å². The van der Waals surface area contributed by atoms with Crippen LogP contribution >= 0.6 is 0 Å². The van der Waals surface area contributed by atoms with E-state index in [9.17, 15) is 13.9 Å². The summed E-state index contributed by atoms with van der Waals surface area (Å²) in [4.78, 5) is 0. The number of halogens is 2. The molecule has 1 rings (SSSR count). The minimum Gasteiger partial charge on any atom is -0.389 e. The molecule has 2 N–H and O–H groups in total. The number of rotatable bonds is 5. The van der Waals surface area contributed by atoms with Crippen LogP contribution in [0.4, 0.5) is 8.78 Å². The summed E-state index contributed by atoms with van der Waals surface area (Å²) in [7, 11) is 0. The van der Waals surface area contributed by atoms with Crippen molar-refractivity contribution >= 4 is 0 Å². The van der Waals surface area contributed by atoms with E-state index in [1.54, 1.807) is 6.92 Å². The second-order valence-corrected chi connectivity index (χ2v) is 4.89. The van der Waals surface area contributed by atoms with Crippen molar-refractivity contribution in [1.29, 1.82) is 0 Å². The summed E-state index contributed by atoms with van der Waals surface area (Å²) >= 11 is 0. The number of hydrogen-bond donors (Lipinski definition) is 2. The molecule has 0 heterocycles. The first-order chi connectivity index (χ1) is 7.81. The molecule has 0 saturated carbocycles. The number of benzene rings is 1. The third-order valence-corrected chi connectivity index (χ3v) is 2.98. The van der Waals surface area contributed by atoms with Gasteiger partial charge in [0.25, 0.3) is 0 Å². The van der Waals surface area contributed by atoms with E-state index in [1.807, 2.05) is 13.8 Å². The molecule has 17 heavy (non-hydrogen) atoms. The highest BCUT2D eigenvalue weighted by molar-refractivity contribution is 5.17. The number of aliphatic hydroxyl groups is 1. The second-order valence-electron chi connectivity index (χ2n) is 4.89. The average molecular weight is 243 g/mol. The quantitative estimate of drug-likeness (QED) is 0.832. The van der Waals surface area contributed by atoms with Crippen molar-refractivity contribution in [2.45, 2.75) is 32.9 Å². The predicted molar refractivity (Wildman–Crippen MR) is 63.5 cm³/mol. The van der Waals surface area contributed by atoms with Gasteiger partial charge < -0.3 is 10.4 Å². The van der Waals surface area contributed by atoms with Crippen molar-refractivity contribution < 1.29 is 13.9 Å². The maximum atomic E-state index is 12.9. The Bertz CT molecular complexity index is 357. The SMILES string of the molecule is CC(C)C(C)(O)CNCc1cc(F)cc(F)c1. The summed E-state index contributed by atoms with van der Waals surface area (Å²) in [6.45, 7) is 6.28. The lowest BCUT2D eigenvalue weighted by Crippen LogP contribution is -2.41. The second kappa shape index (κ2) is 5.56. The fourth-order valence-electron chi connectivity index (χ4n) is 1.38. The van der Waals surface area contributed by atoms with Crippen LogP contribution in [0.25, 0.3) is 0 Å². The van der Waals surface area contributed by atoms with Crippen LogP contribution < -0.4 is 5.32 Å². The van der Waals surface area contributed by atoms with Crippen LogP contribution in [0.15, 0.2) is 18.2 Å². The van der Waals surface area contributed by atoms with Gasteiger partial charge >= 0.3 is 0 Å². The van der Waals surface area contributed by atoms with Crippen molar-refractivity contribution in [1.82, 2.24) is 5.32 Å². The molecular weight excluding hydrogens is 224 g/mol. The Hall–Kier alpha value is -1.00. The molecule has 0 aliphatic rings. The van der Waals surface area contributed by atoms with E-state index in [4.69, 9.17) is 0 Å². The van der Waals surface area contributed by atoms with Gasteiger partial charge in [-0.05, 0) is 30.5 Å². The van der Waals surface area contributed by atoms with Crippen molar-refractivity contribution in [3.8, 4) is 0 Å². The lowest BCUT2D eigenvalue weighted by Gasteiger charge is -2.28. The maximum Gasteiger partial charge on any atom is 0.126 e. The van der Waals surface area contributed by atoms with Crippen LogP contribution in [0, 0.1) is 17.6 Å². The van der Waals surface area contributed by atoms with Crippen LogP contribution in [0.3, 0.4) is 0 Å². The minimum atomic E-state index is -0.828. The highest BCUT2D eigenvalue weighted by atomic mass is 19.1. The van der Waals surface area contributed by atoms with Gasteiger partial charge in [0.2, 0.25) is 0 Å². The minimum absolute atomic E-state index is 0.110. The zero-order valence-corrected chi connectivity index (χ0v) is 10.4. The van der Waals surface area contributed by atoms with E-state index >= 15 is 0 Å². The van der Waals surface area contributed by atoms with Gasteiger partial charge in [-0.25, -0.2) is 8.78 Å². The summed E-state index contributed by atoms with van der Waals surface area (Å²) in [6, 6.07) is 3.40. The Labute approximate surface area is 101 Å². The van der Waals surface area contributed by atoms with E-state index in [1.165, 1.54) is 12.1 Å². The van der Waals surface area contributed by atoms with Crippen LogP contribution in [0.1, 0.15) is 26.3 Å². The summed E-state index contributed by atoms with van der Waals surface area (Å²) in [5.74, 6) is -1.06. The van der Waals surface area contributed by atoms with Crippen LogP contribution in [0.5, 0.6) is 0 Å². The molecule has 0 aliphatic carbocycles. The first-order valence-corrected chi connectivity index (χ1v) is 5.69. The van der Waals surface area contributed by atoms with Gasteiger partial charge in [-0.3, -0.25) is 0 Å². The zero-order chi connectivity index (χ0) is 13.1. The first kappa shape index (κ1) is 14.1. The average Bonchev–Trinajstić information content (AvgIpc) is 2.15. The van der Waals surface area contributed by atoms with E-state index in [2.05, 4.69) is 5.32 Å². The van der Waals surface area contributed by atoms with Gasteiger partial charge in [0.15, 0.2) is 0 Å². The highest BCUT2D eigenvalue weighted by Crippen LogP contribution is 2.15. The normalized spacial score (nSPS) is 15.0. The molecule has 96 valence electrons. The lowest BCUT2D eigenvalue weighted by molar-refractivity contribution is 0.0140. The fourth-order valence-corrected chi connectivity index (χ4v) is 1.38. The molecule has 1 aromatic carbocycles. The smallest absolute Gasteiger partial charge is 0.126 e. The molecule has 0 amide bonds. The van der Waals surface area contributed by atoms with E-state index < -0.39 is 17.2 Å². The Kier molecular flexibility index (Phi) is 4.60. The lowest BCUT2D eigenvalue weighted by atomic mass is 9.92. The van der Waals surface area contributed by atoms with Crippen LogP contribution in [-0.4, -0.2) is 17.3 Å². The highest BCUT2D eigenvalue weighted by Gasteiger charge is 2.23. The summed E-state index contributed by atoms with van der Waals surface area (Å²) < 4.78 is 25.8. The largest absolute Gasteiger partial charge is 0.389 e. The molecule has 2 nitrogen and oxygen atoms in total. The fraction of sp³-hybridized carbons (Fsp3) is 0.538. The van der Waals surface area contributed by atoms with Gasteiger partial charge in [0.05, 0.1) is 5.60 Å². The Morgan fingerprint density at radius 2 is 1.76 bits per heavy atom. The van der Waals surface area contributed by atoms with Crippen molar-refractivity contribution in [3.63, 3.8) is 0 Å². The third-order valence-electron chi connectivity index (χ3n) is 2.98. The molecule has 0 bridgehead atoms. The first-order valence-electron chi connectivity index (χ1n) is 5.69. The Balaban J connectivity index is 2.51. The molecule has 1 aromatic rings. The maximum absolute atomic E-state index is 12.9. The summed E-state index contributed by atoms with van der Waals surface area (Å²) in [5.41, 5.74) is -0.298. The monoisotopic (exact) mass is 243 g/mol. The number of nitrogens with one attached hydrogen (secondary N) is 1. The van der Waals surface area contributed by atoms with Crippen LogP contribution in [0.2, 0.25) is 0 Å². The molecule has 4 heteroatoms. The predicted octanol–water partition coefficient (Wildman–Crippen LogP) is 2.46. The van der Waals surface area contributed by atoms with Crippen molar-refractivity contribution in [2.24, 2.45) is 5.92 Å². The molecule has 0 radical (unpaired) electrons. The summed E-state index contributed by atoms with van der Waals surface area (Å²) in [5, 5.41) is 13.0. The van der Waals surface area contributed by atoms with Gasteiger partial charge in [-0.15, -0.1) is 0 Å². The molecule has 0 saturated heterocycles. The van der Waals surface area contributed by atoms with Gasteiger partial charge in [-0.1, -0.05) is 13.8 Å². The molecular formula is C13H19F2NO. The zero-order valence-electron chi connectivity index (χ0n) is 10.4. The van der Waals surface area contributed by atoms with Gasteiger partial charge in [0.1, 0.15) is 11.6 Å². The molecule has 1 unspecified atom stereocenters.